The number of carboxylic acid groups (broad SMARTS) is 1. The Labute approximate surface area is 140 Å². The maximum atomic E-state index is 11.9. The van der Waals surface area contributed by atoms with Gasteiger partial charge in [0.05, 0.1) is 12.5 Å². The number of ether oxygens (including phenoxy) is 2. The number of phenols is 1. The van der Waals surface area contributed by atoms with Crippen LogP contribution in [-0.4, -0.2) is 35.4 Å². The van der Waals surface area contributed by atoms with Crippen LogP contribution in [0.3, 0.4) is 0 Å². The first-order chi connectivity index (χ1) is 11.3. The van der Waals surface area contributed by atoms with Crippen molar-refractivity contribution in [2.24, 2.45) is 5.41 Å². The van der Waals surface area contributed by atoms with Gasteiger partial charge in [-0.2, -0.15) is 0 Å². The van der Waals surface area contributed by atoms with Crippen LogP contribution in [0, 0.1) is 5.41 Å². The van der Waals surface area contributed by atoms with Crippen LogP contribution < -0.4 is 4.74 Å². The second-order valence-corrected chi connectivity index (χ2v) is 6.27. The normalized spacial score (nSPS) is 23.8. The van der Waals surface area contributed by atoms with Gasteiger partial charge in [0.2, 0.25) is 0 Å². The number of esters is 1. The van der Waals surface area contributed by atoms with E-state index in [4.69, 9.17) is 9.47 Å². The van der Waals surface area contributed by atoms with Gasteiger partial charge in [-0.1, -0.05) is 6.07 Å². The van der Waals surface area contributed by atoms with Gasteiger partial charge in [0.15, 0.2) is 11.5 Å². The van der Waals surface area contributed by atoms with Crippen molar-refractivity contribution in [2.45, 2.75) is 38.7 Å². The molecule has 0 bridgehead atoms. The van der Waals surface area contributed by atoms with E-state index in [2.05, 4.69) is 0 Å². The Bertz CT molecular complexity index is 641. The van der Waals surface area contributed by atoms with Gasteiger partial charge in [0, 0.05) is 6.08 Å². The summed E-state index contributed by atoms with van der Waals surface area (Å²) in [6, 6.07) is 4.75. The molecule has 0 heterocycles. The number of hydrogen-bond donors (Lipinski definition) is 2. The molecule has 6 nitrogen and oxygen atoms in total. The number of hydrogen-bond acceptors (Lipinski definition) is 5. The topological polar surface area (TPSA) is 93.1 Å². The third kappa shape index (κ3) is 4.28. The number of methoxy groups -OCH3 is 1. The first-order valence-corrected chi connectivity index (χ1v) is 7.83. The van der Waals surface area contributed by atoms with Gasteiger partial charge in [0.25, 0.3) is 0 Å². The Morgan fingerprint density at radius 3 is 2.54 bits per heavy atom. The number of carboxylic acids is 1. The third-order valence-corrected chi connectivity index (χ3v) is 4.45. The predicted molar refractivity (Wildman–Crippen MR) is 87.8 cm³/mol. The molecule has 1 saturated carbocycles. The van der Waals surface area contributed by atoms with Crippen LogP contribution in [0.15, 0.2) is 24.3 Å². The van der Waals surface area contributed by atoms with Crippen molar-refractivity contribution in [3.63, 3.8) is 0 Å². The SMILES string of the molecule is COc1cc(C=CC(=O)O[C@H]2CC[C@@](C)(C(=O)O)CC2)ccc1O. The maximum absolute atomic E-state index is 11.9. The molecule has 1 aromatic rings. The molecule has 24 heavy (non-hydrogen) atoms. The van der Waals surface area contributed by atoms with Gasteiger partial charge in [-0.05, 0) is 56.4 Å². The van der Waals surface area contributed by atoms with Crippen LogP contribution in [0.4, 0.5) is 0 Å². The number of aromatic hydroxyl groups is 1. The van der Waals surface area contributed by atoms with Crippen LogP contribution in [-0.2, 0) is 14.3 Å². The Hall–Kier alpha value is -2.50. The minimum absolute atomic E-state index is 0.0286. The van der Waals surface area contributed by atoms with Gasteiger partial charge in [0.1, 0.15) is 6.10 Å². The van der Waals surface area contributed by atoms with Crippen LogP contribution in [0.25, 0.3) is 6.08 Å². The Morgan fingerprint density at radius 2 is 1.96 bits per heavy atom. The van der Waals surface area contributed by atoms with E-state index in [-0.39, 0.29) is 11.9 Å². The summed E-state index contributed by atoms with van der Waals surface area (Å²) in [4.78, 5) is 23.1. The third-order valence-electron chi connectivity index (χ3n) is 4.45. The summed E-state index contributed by atoms with van der Waals surface area (Å²) in [5.74, 6) is -0.911. The molecule has 1 aliphatic carbocycles. The summed E-state index contributed by atoms with van der Waals surface area (Å²) in [5, 5.41) is 18.7. The Balaban J connectivity index is 1.89. The van der Waals surface area contributed by atoms with E-state index >= 15 is 0 Å². The van der Waals surface area contributed by atoms with Crippen LogP contribution in [0.5, 0.6) is 11.5 Å². The van der Waals surface area contributed by atoms with Crippen molar-refractivity contribution >= 4 is 18.0 Å². The van der Waals surface area contributed by atoms with Crippen LogP contribution in [0.1, 0.15) is 38.2 Å². The van der Waals surface area contributed by atoms with E-state index in [1.807, 2.05) is 0 Å². The molecular weight excluding hydrogens is 312 g/mol. The number of phenolic OH excluding ortho intramolecular Hbond substituents is 1. The summed E-state index contributed by atoms with van der Waals surface area (Å²) in [5.41, 5.74) is -0.0230. The summed E-state index contributed by atoms with van der Waals surface area (Å²) < 4.78 is 10.4. The van der Waals surface area contributed by atoms with E-state index in [9.17, 15) is 19.8 Å². The highest BCUT2D eigenvalue weighted by Crippen LogP contribution is 2.37. The molecule has 0 aliphatic heterocycles. The lowest BCUT2D eigenvalue weighted by atomic mass is 9.75. The Morgan fingerprint density at radius 1 is 1.29 bits per heavy atom. The van der Waals surface area contributed by atoms with Gasteiger partial charge in [-0.3, -0.25) is 4.79 Å². The minimum Gasteiger partial charge on any atom is -0.504 e. The molecule has 1 fully saturated rings. The second-order valence-electron chi connectivity index (χ2n) is 6.27. The molecule has 0 atom stereocenters. The van der Waals surface area contributed by atoms with Crippen molar-refractivity contribution in [1.82, 2.24) is 0 Å². The maximum Gasteiger partial charge on any atom is 0.331 e. The average molecular weight is 334 g/mol. The van der Waals surface area contributed by atoms with E-state index in [0.29, 0.717) is 37.0 Å². The van der Waals surface area contributed by atoms with E-state index in [0.717, 1.165) is 0 Å². The number of benzene rings is 1. The molecule has 2 N–H and O–H groups in total. The van der Waals surface area contributed by atoms with Crippen molar-refractivity contribution in [3.8, 4) is 11.5 Å². The van der Waals surface area contributed by atoms with Crippen molar-refractivity contribution in [2.75, 3.05) is 7.11 Å². The second kappa shape index (κ2) is 7.38. The van der Waals surface area contributed by atoms with E-state index in [1.54, 1.807) is 25.1 Å². The van der Waals surface area contributed by atoms with E-state index in [1.165, 1.54) is 19.3 Å². The molecule has 0 unspecified atom stereocenters. The number of aliphatic carboxylic acids is 1. The zero-order valence-electron chi connectivity index (χ0n) is 13.8. The molecule has 0 radical (unpaired) electrons. The lowest BCUT2D eigenvalue weighted by Crippen LogP contribution is -2.35. The van der Waals surface area contributed by atoms with Gasteiger partial charge >= 0.3 is 11.9 Å². The van der Waals surface area contributed by atoms with Gasteiger partial charge < -0.3 is 19.7 Å². The molecule has 130 valence electrons. The van der Waals surface area contributed by atoms with Gasteiger partial charge in [-0.25, -0.2) is 4.79 Å². The van der Waals surface area contributed by atoms with Crippen molar-refractivity contribution in [3.05, 3.63) is 29.8 Å². The molecule has 0 saturated heterocycles. The summed E-state index contributed by atoms with van der Waals surface area (Å²) in [6.07, 6.45) is 4.75. The fraction of sp³-hybridized carbons (Fsp3) is 0.444. The molecule has 0 amide bonds. The summed E-state index contributed by atoms with van der Waals surface area (Å²) in [7, 11) is 1.45. The highest BCUT2D eigenvalue weighted by molar-refractivity contribution is 5.87. The molecule has 2 rings (SSSR count). The lowest BCUT2D eigenvalue weighted by molar-refractivity contribution is -0.154. The lowest BCUT2D eigenvalue weighted by Gasteiger charge is -2.33. The zero-order chi connectivity index (χ0) is 17.7. The number of carbonyl (C=O) groups is 2. The first-order valence-electron chi connectivity index (χ1n) is 7.83. The molecular formula is C18H22O6. The predicted octanol–water partition coefficient (Wildman–Crippen LogP) is 2.99. The standard InChI is InChI=1S/C18H22O6/c1-18(17(21)22)9-7-13(8-10-18)24-16(20)6-4-12-3-5-14(19)15(11-12)23-2/h3-6,11,13,19H,7-10H2,1-2H3,(H,21,22)/t13-,18+. The average Bonchev–Trinajstić information content (AvgIpc) is 2.56. The summed E-state index contributed by atoms with van der Waals surface area (Å²) >= 11 is 0. The zero-order valence-corrected chi connectivity index (χ0v) is 13.8. The molecule has 0 spiro atoms. The summed E-state index contributed by atoms with van der Waals surface area (Å²) in [6.45, 7) is 1.73. The molecule has 6 heteroatoms. The fourth-order valence-corrected chi connectivity index (χ4v) is 2.73. The largest absolute Gasteiger partial charge is 0.504 e. The van der Waals surface area contributed by atoms with Crippen LogP contribution in [0.2, 0.25) is 0 Å². The van der Waals surface area contributed by atoms with Crippen molar-refractivity contribution in [1.29, 1.82) is 0 Å². The molecule has 0 aromatic heterocycles. The monoisotopic (exact) mass is 334 g/mol. The fourth-order valence-electron chi connectivity index (χ4n) is 2.73. The highest BCUT2D eigenvalue weighted by Gasteiger charge is 2.38. The van der Waals surface area contributed by atoms with Gasteiger partial charge in [-0.15, -0.1) is 0 Å². The number of carbonyl (C=O) groups excluding carboxylic acids is 1. The number of rotatable bonds is 5. The highest BCUT2D eigenvalue weighted by atomic mass is 16.5. The molecule has 1 aromatic carbocycles. The smallest absolute Gasteiger partial charge is 0.331 e. The quantitative estimate of drug-likeness (QED) is 0.635. The van der Waals surface area contributed by atoms with Crippen molar-refractivity contribution < 1.29 is 29.3 Å². The molecule has 1 aliphatic rings. The first kappa shape index (κ1) is 17.8. The van der Waals surface area contributed by atoms with Crippen LogP contribution >= 0.6 is 0 Å². The Kier molecular flexibility index (Phi) is 5.49. The minimum atomic E-state index is -0.798. The van der Waals surface area contributed by atoms with E-state index < -0.39 is 17.4 Å².